The molecular formula is C23H28N4OS. The fourth-order valence-corrected chi connectivity index (χ4v) is 4.84. The number of thiophene rings is 1. The molecule has 1 fully saturated rings. The number of H-pyrrole nitrogens is 1. The van der Waals surface area contributed by atoms with E-state index < -0.39 is 0 Å². The summed E-state index contributed by atoms with van der Waals surface area (Å²) in [5, 5.41) is 5.06. The number of fused-ring (bicyclic) bond motifs is 1. The van der Waals surface area contributed by atoms with Crippen molar-refractivity contribution in [2.24, 2.45) is 0 Å². The Morgan fingerprint density at radius 2 is 2.17 bits per heavy atom. The van der Waals surface area contributed by atoms with Gasteiger partial charge in [0.2, 0.25) is 0 Å². The minimum atomic E-state index is -0.0675. The van der Waals surface area contributed by atoms with Gasteiger partial charge < -0.3 is 10.3 Å². The van der Waals surface area contributed by atoms with E-state index in [9.17, 15) is 4.79 Å². The Hall–Kier alpha value is -2.70. The number of hydrogen-bond donors (Lipinski definition) is 2. The molecule has 2 aromatic heterocycles. The normalized spacial score (nSPS) is 22.2. The number of carbonyl (C=O) groups excluding carboxylic acids is 1. The molecule has 0 radical (unpaired) electrons. The molecule has 0 spiro atoms. The quantitative estimate of drug-likeness (QED) is 0.602. The lowest BCUT2D eigenvalue weighted by Gasteiger charge is -2.37. The number of nitrogens with zero attached hydrogens (tertiary/aromatic N) is 2. The van der Waals surface area contributed by atoms with Crippen LogP contribution in [0.2, 0.25) is 0 Å². The molecule has 2 aliphatic rings. The van der Waals surface area contributed by atoms with Crippen molar-refractivity contribution in [3.63, 3.8) is 0 Å². The largest absolute Gasteiger partial charge is 0.337 e. The van der Waals surface area contributed by atoms with Crippen LogP contribution in [-0.4, -0.2) is 39.4 Å². The number of carbonyl (C=O) groups is 1. The van der Waals surface area contributed by atoms with Crippen molar-refractivity contribution >= 4 is 34.0 Å². The first-order valence-corrected chi connectivity index (χ1v) is 11.0. The molecule has 2 N–H and O–H groups in total. The van der Waals surface area contributed by atoms with Crippen molar-refractivity contribution in [2.75, 3.05) is 18.4 Å². The number of rotatable bonds is 4. The molecule has 1 aliphatic carbocycles. The lowest BCUT2D eigenvalue weighted by Crippen LogP contribution is -2.43. The predicted molar refractivity (Wildman–Crippen MR) is 123 cm³/mol. The van der Waals surface area contributed by atoms with Crippen LogP contribution in [0.25, 0.3) is 21.7 Å². The molecule has 1 aromatic carbocycles. The highest BCUT2D eigenvalue weighted by molar-refractivity contribution is 7.13. The van der Waals surface area contributed by atoms with Gasteiger partial charge in [-0.1, -0.05) is 24.3 Å². The van der Waals surface area contributed by atoms with Crippen LogP contribution in [0, 0.1) is 0 Å². The second-order valence-electron chi connectivity index (χ2n) is 8.00. The van der Waals surface area contributed by atoms with E-state index in [0.29, 0.717) is 0 Å². The first kappa shape index (κ1) is 18.3. The number of benzene rings is 1. The Morgan fingerprint density at radius 3 is 2.90 bits per heavy atom. The van der Waals surface area contributed by atoms with Gasteiger partial charge >= 0.3 is 0 Å². The highest BCUT2D eigenvalue weighted by atomic mass is 32.1. The van der Waals surface area contributed by atoms with Gasteiger partial charge in [0.05, 0.1) is 15.9 Å². The Labute approximate surface area is 177 Å². The smallest absolute Gasteiger partial charge is 0.255 e. The van der Waals surface area contributed by atoms with Crippen LogP contribution in [0.4, 0.5) is 5.69 Å². The monoisotopic (exact) mass is 408 g/mol. The van der Waals surface area contributed by atoms with E-state index in [0.717, 1.165) is 52.5 Å². The van der Waals surface area contributed by atoms with Crippen LogP contribution in [0.15, 0.2) is 59.5 Å². The molecule has 29 heavy (non-hydrogen) atoms. The Bertz CT molecular complexity index is 1120. The number of hydrogen-bond acceptors (Lipinski definition) is 4. The van der Waals surface area contributed by atoms with E-state index in [4.69, 9.17) is 0 Å². The first-order chi connectivity index (χ1) is 14.1. The average molecular weight is 409 g/mol. The van der Waals surface area contributed by atoms with E-state index in [1.807, 2.05) is 41.8 Å². The standard InChI is InChI=1S/C23H24N4OS.2H2/c1-23(27-12-2-3-13-27)10-8-16(9-11-23)22(28)24-17-6-7-18-19(15-17)26-21(25-18)20-5-4-14-29-20;;/h4-10,14-15H,2-3,11-13H2,1H3,(H,24,28)(H,25,26);2*1H. The number of anilines is 1. The van der Waals surface area contributed by atoms with Crippen LogP contribution in [0.1, 0.15) is 29.0 Å². The Morgan fingerprint density at radius 1 is 1.31 bits per heavy atom. The van der Waals surface area contributed by atoms with Gasteiger partial charge in [-0.3, -0.25) is 9.69 Å². The number of imidazole rings is 1. The molecule has 5 rings (SSSR count). The van der Waals surface area contributed by atoms with Crippen molar-refractivity contribution < 1.29 is 7.65 Å². The molecule has 1 aliphatic heterocycles. The molecule has 1 amide bonds. The highest BCUT2D eigenvalue weighted by Crippen LogP contribution is 2.31. The third-order valence-electron chi connectivity index (χ3n) is 5.94. The van der Waals surface area contributed by atoms with Crippen molar-refractivity contribution in [3.05, 3.63) is 59.5 Å². The van der Waals surface area contributed by atoms with Gasteiger partial charge in [0.15, 0.2) is 0 Å². The number of aromatic amines is 1. The zero-order valence-corrected chi connectivity index (χ0v) is 17.3. The summed E-state index contributed by atoms with van der Waals surface area (Å²) >= 11 is 1.65. The van der Waals surface area contributed by atoms with Gasteiger partial charge in [-0.05, 0) is 68.9 Å². The number of likely N-dealkylation sites (tertiary alicyclic amines) is 1. The lowest BCUT2D eigenvalue weighted by molar-refractivity contribution is -0.112. The van der Waals surface area contributed by atoms with Crippen molar-refractivity contribution in [1.82, 2.24) is 14.9 Å². The molecule has 152 valence electrons. The highest BCUT2D eigenvalue weighted by Gasteiger charge is 2.32. The van der Waals surface area contributed by atoms with Crippen LogP contribution in [-0.2, 0) is 4.79 Å². The van der Waals surface area contributed by atoms with E-state index in [1.165, 1.54) is 12.8 Å². The van der Waals surface area contributed by atoms with Crippen molar-refractivity contribution in [3.8, 4) is 10.7 Å². The molecule has 0 saturated carbocycles. The molecule has 3 heterocycles. The van der Waals surface area contributed by atoms with E-state index in [2.05, 4.69) is 39.3 Å². The summed E-state index contributed by atoms with van der Waals surface area (Å²) in [6.45, 7) is 4.55. The molecular weight excluding hydrogens is 380 g/mol. The molecule has 6 heteroatoms. The maximum Gasteiger partial charge on any atom is 0.255 e. The van der Waals surface area contributed by atoms with Crippen molar-refractivity contribution in [2.45, 2.75) is 31.7 Å². The minimum absolute atomic E-state index is 0. The van der Waals surface area contributed by atoms with Gasteiger partial charge in [0, 0.05) is 19.7 Å². The lowest BCUT2D eigenvalue weighted by atomic mass is 9.88. The first-order valence-electron chi connectivity index (χ1n) is 10.1. The summed E-state index contributed by atoms with van der Waals surface area (Å²) in [6.07, 6.45) is 9.64. The van der Waals surface area contributed by atoms with Gasteiger partial charge in [0.25, 0.3) is 5.91 Å². The minimum Gasteiger partial charge on any atom is -0.337 e. The molecule has 1 unspecified atom stereocenters. The maximum atomic E-state index is 12.8. The van der Waals surface area contributed by atoms with Gasteiger partial charge in [-0.15, -0.1) is 11.3 Å². The Balaban J connectivity index is 0.00000136. The Kier molecular flexibility index (Phi) is 4.60. The van der Waals surface area contributed by atoms with Crippen molar-refractivity contribution in [1.29, 1.82) is 0 Å². The third-order valence-corrected chi connectivity index (χ3v) is 6.82. The number of nitrogens with one attached hydrogen (secondary N) is 2. The fourth-order valence-electron chi connectivity index (χ4n) is 4.17. The number of amides is 1. The summed E-state index contributed by atoms with van der Waals surface area (Å²) in [4.78, 5) is 24.4. The average Bonchev–Trinajstić information content (AvgIpc) is 3.49. The topological polar surface area (TPSA) is 61.0 Å². The zero-order chi connectivity index (χ0) is 19.8. The second-order valence-corrected chi connectivity index (χ2v) is 8.94. The summed E-state index contributed by atoms with van der Waals surface area (Å²) in [7, 11) is 0. The summed E-state index contributed by atoms with van der Waals surface area (Å²) in [5.74, 6) is 0.791. The maximum absolute atomic E-state index is 12.8. The molecule has 1 atom stereocenters. The van der Waals surface area contributed by atoms with Gasteiger partial charge in [-0.2, -0.15) is 0 Å². The summed E-state index contributed by atoms with van der Waals surface area (Å²) in [5.41, 5.74) is 3.34. The summed E-state index contributed by atoms with van der Waals surface area (Å²) < 4.78 is 0. The molecule has 3 aromatic rings. The van der Waals surface area contributed by atoms with E-state index in [-0.39, 0.29) is 14.3 Å². The van der Waals surface area contributed by atoms with Gasteiger partial charge in [-0.25, -0.2) is 4.98 Å². The van der Waals surface area contributed by atoms with E-state index >= 15 is 0 Å². The van der Waals surface area contributed by atoms with Crippen LogP contribution < -0.4 is 5.32 Å². The third kappa shape index (κ3) is 3.54. The second kappa shape index (κ2) is 7.28. The predicted octanol–water partition coefficient (Wildman–Crippen LogP) is 5.46. The number of aromatic nitrogens is 2. The van der Waals surface area contributed by atoms with Crippen LogP contribution in [0.5, 0.6) is 0 Å². The molecule has 5 nitrogen and oxygen atoms in total. The summed E-state index contributed by atoms with van der Waals surface area (Å²) in [6, 6.07) is 9.84. The zero-order valence-electron chi connectivity index (χ0n) is 16.4. The molecule has 0 bridgehead atoms. The fraction of sp³-hybridized carbons (Fsp3) is 0.304. The van der Waals surface area contributed by atoms with E-state index in [1.54, 1.807) is 11.3 Å². The van der Waals surface area contributed by atoms with Crippen LogP contribution >= 0.6 is 11.3 Å². The van der Waals surface area contributed by atoms with Gasteiger partial charge in [0.1, 0.15) is 5.82 Å². The van der Waals surface area contributed by atoms with Crippen LogP contribution in [0.3, 0.4) is 0 Å². The molecule has 1 saturated heterocycles. The SMILES string of the molecule is CC1(N2CCCC2)C=CC(C(=O)Nc2ccc3nc(-c4cccs4)[nH]c3c2)=CC1.[HH].[HH].